The van der Waals surface area contributed by atoms with E-state index in [0.717, 1.165) is 19.3 Å². The molecule has 2 unspecified atom stereocenters. The minimum Gasteiger partial charge on any atom is -0.379 e. The van der Waals surface area contributed by atoms with E-state index in [9.17, 15) is 4.79 Å². The summed E-state index contributed by atoms with van der Waals surface area (Å²) in [6.07, 6.45) is 3.37. The molecule has 15 heavy (non-hydrogen) atoms. The van der Waals surface area contributed by atoms with E-state index in [0.29, 0.717) is 0 Å². The molecule has 4 heteroatoms. The molecule has 0 saturated heterocycles. The van der Waals surface area contributed by atoms with Gasteiger partial charge in [0.2, 0.25) is 5.91 Å². The molecule has 0 heterocycles. The predicted molar refractivity (Wildman–Crippen MR) is 59.7 cm³/mol. The van der Waals surface area contributed by atoms with E-state index in [-0.39, 0.29) is 18.1 Å². The number of amides is 1. The molecule has 1 aliphatic carbocycles. The number of methoxy groups -OCH3 is 1. The maximum Gasteiger partial charge on any atom is 0.240 e. The van der Waals surface area contributed by atoms with Crippen molar-refractivity contribution < 1.29 is 9.53 Å². The molecule has 1 saturated carbocycles. The Hall–Kier alpha value is -0.610. The zero-order valence-corrected chi connectivity index (χ0v) is 10.1. The van der Waals surface area contributed by atoms with Crippen LogP contribution in [0.5, 0.6) is 0 Å². The van der Waals surface area contributed by atoms with Gasteiger partial charge in [-0.2, -0.15) is 0 Å². The van der Waals surface area contributed by atoms with Crippen LogP contribution in [-0.2, 0) is 9.53 Å². The minimum absolute atomic E-state index is 0.0407. The Balaban J connectivity index is 2.51. The Bertz CT molecular complexity index is 229. The zero-order valence-electron chi connectivity index (χ0n) is 10.1. The van der Waals surface area contributed by atoms with Crippen molar-refractivity contribution in [1.82, 2.24) is 10.6 Å². The number of hydrogen-bond acceptors (Lipinski definition) is 3. The zero-order chi connectivity index (χ0) is 11.5. The SMILES string of the molecule is CNC(C)(C)C(=O)NC1CCCC1OC. The molecule has 0 aromatic rings. The van der Waals surface area contributed by atoms with E-state index in [1.165, 1.54) is 0 Å². The second kappa shape index (κ2) is 4.94. The summed E-state index contributed by atoms with van der Waals surface area (Å²) in [6.45, 7) is 3.75. The van der Waals surface area contributed by atoms with Gasteiger partial charge in [-0.15, -0.1) is 0 Å². The lowest BCUT2D eigenvalue weighted by atomic mass is 10.0. The van der Waals surface area contributed by atoms with Gasteiger partial charge in [-0.25, -0.2) is 0 Å². The van der Waals surface area contributed by atoms with Crippen molar-refractivity contribution in [2.45, 2.75) is 50.8 Å². The second-order valence-corrected chi connectivity index (χ2v) is 4.66. The van der Waals surface area contributed by atoms with Crippen LogP contribution in [0.3, 0.4) is 0 Å². The van der Waals surface area contributed by atoms with E-state index in [2.05, 4.69) is 10.6 Å². The van der Waals surface area contributed by atoms with Gasteiger partial charge in [0.1, 0.15) is 0 Å². The summed E-state index contributed by atoms with van der Waals surface area (Å²) in [7, 11) is 3.50. The van der Waals surface area contributed by atoms with E-state index < -0.39 is 5.54 Å². The molecule has 2 atom stereocenters. The van der Waals surface area contributed by atoms with Crippen LogP contribution in [0.4, 0.5) is 0 Å². The fourth-order valence-electron chi connectivity index (χ4n) is 1.84. The number of carbonyl (C=O) groups excluding carboxylic acids is 1. The molecule has 4 nitrogen and oxygen atoms in total. The maximum atomic E-state index is 11.9. The van der Waals surface area contributed by atoms with Crippen LogP contribution in [0.25, 0.3) is 0 Å². The summed E-state index contributed by atoms with van der Waals surface area (Å²) in [5, 5.41) is 6.04. The van der Waals surface area contributed by atoms with E-state index in [1.54, 1.807) is 14.2 Å². The number of rotatable bonds is 4. The minimum atomic E-state index is -0.513. The molecule has 2 N–H and O–H groups in total. The van der Waals surface area contributed by atoms with Crippen molar-refractivity contribution in [3.63, 3.8) is 0 Å². The first-order valence-corrected chi connectivity index (χ1v) is 5.54. The van der Waals surface area contributed by atoms with Crippen LogP contribution in [0.2, 0.25) is 0 Å². The van der Waals surface area contributed by atoms with Crippen LogP contribution in [-0.4, -0.2) is 37.7 Å². The van der Waals surface area contributed by atoms with Crippen LogP contribution >= 0.6 is 0 Å². The molecule has 1 amide bonds. The Kier molecular flexibility index (Phi) is 4.11. The predicted octanol–water partition coefficient (Wildman–Crippen LogP) is 0.668. The van der Waals surface area contributed by atoms with Crippen LogP contribution in [0.1, 0.15) is 33.1 Å². The van der Waals surface area contributed by atoms with E-state index in [4.69, 9.17) is 4.74 Å². The number of nitrogens with one attached hydrogen (secondary N) is 2. The molecule has 0 radical (unpaired) electrons. The first-order chi connectivity index (χ1) is 7.01. The molecule has 1 fully saturated rings. The highest BCUT2D eigenvalue weighted by atomic mass is 16.5. The van der Waals surface area contributed by atoms with Gasteiger partial charge in [0.15, 0.2) is 0 Å². The van der Waals surface area contributed by atoms with Gasteiger partial charge in [-0.3, -0.25) is 4.79 Å². The van der Waals surface area contributed by atoms with Gasteiger partial charge in [0.25, 0.3) is 0 Å². The molecule has 0 aliphatic heterocycles. The van der Waals surface area contributed by atoms with Crippen molar-refractivity contribution in [3.05, 3.63) is 0 Å². The van der Waals surface area contributed by atoms with E-state index >= 15 is 0 Å². The summed E-state index contributed by atoms with van der Waals surface area (Å²) >= 11 is 0. The molecule has 1 rings (SSSR count). The van der Waals surface area contributed by atoms with Gasteiger partial charge in [-0.05, 0) is 40.2 Å². The summed E-state index contributed by atoms with van der Waals surface area (Å²) in [5.74, 6) is 0.0407. The molecule has 88 valence electrons. The lowest BCUT2D eigenvalue weighted by Gasteiger charge is -2.27. The summed E-state index contributed by atoms with van der Waals surface area (Å²) in [4.78, 5) is 11.9. The smallest absolute Gasteiger partial charge is 0.240 e. The Morgan fingerprint density at radius 2 is 2.07 bits per heavy atom. The Labute approximate surface area is 91.8 Å². The first kappa shape index (κ1) is 12.5. The topological polar surface area (TPSA) is 50.4 Å². The molecule has 0 aromatic heterocycles. The first-order valence-electron chi connectivity index (χ1n) is 5.54. The normalized spacial score (nSPS) is 26.7. The van der Waals surface area contributed by atoms with Crippen LogP contribution < -0.4 is 10.6 Å². The second-order valence-electron chi connectivity index (χ2n) is 4.66. The monoisotopic (exact) mass is 214 g/mol. The summed E-state index contributed by atoms with van der Waals surface area (Å²) in [6, 6.07) is 0.176. The highest BCUT2D eigenvalue weighted by Crippen LogP contribution is 2.22. The standard InChI is InChI=1S/C11H22N2O2/c1-11(2,12-3)10(14)13-8-6-5-7-9(8)15-4/h8-9,12H,5-7H2,1-4H3,(H,13,14). The Morgan fingerprint density at radius 1 is 1.40 bits per heavy atom. The Morgan fingerprint density at radius 3 is 2.60 bits per heavy atom. The van der Waals surface area contributed by atoms with Gasteiger partial charge in [0, 0.05) is 7.11 Å². The van der Waals surface area contributed by atoms with Crippen molar-refractivity contribution >= 4 is 5.91 Å². The maximum absolute atomic E-state index is 11.9. The summed E-state index contributed by atoms with van der Waals surface area (Å²) < 4.78 is 5.34. The molecule has 1 aliphatic rings. The molecule has 0 bridgehead atoms. The number of likely N-dealkylation sites (N-methyl/N-ethyl adjacent to an activating group) is 1. The molecule has 0 aromatic carbocycles. The lowest BCUT2D eigenvalue weighted by Crippen LogP contribution is -2.55. The molecular formula is C11H22N2O2. The third-order valence-electron chi connectivity index (χ3n) is 3.26. The third-order valence-corrected chi connectivity index (χ3v) is 3.26. The van der Waals surface area contributed by atoms with Crippen LogP contribution in [0, 0.1) is 0 Å². The number of hydrogen-bond donors (Lipinski definition) is 2. The van der Waals surface area contributed by atoms with Crippen molar-refractivity contribution in [3.8, 4) is 0 Å². The number of carbonyl (C=O) groups is 1. The lowest BCUT2D eigenvalue weighted by molar-refractivity contribution is -0.127. The van der Waals surface area contributed by atoms with Gasteiger partial charge in [-0.1, -0.05) is 0 Å². The average molecular weight is 214 g/mol. The summed E-state index contributed by atoms with van der Waals surface area (Å²) in [5.41, 5.74) is -0.513. The van der Waals surface area contributed by atoms with Crippen molar-refractivity contribution in [2.75, 3.05) is 14.2 Å². The highest BCUT2D eigenvalue weighted by molar-refractivity contribution is 5.85. The number of ether oxygens (including phenoxy) is 1. The average Bonchev–Trinajstić information content (AvgIpc) is 2.65. The highest BCUT2D eigenvalue weighted by Gasteiger charge is 2.33. The van der Waals surface area contributed by atoms with E-state index in [1.807, 2.05) is 13.8 Å². The fourth-order valence-corrected chi connectivity index (χ4v) is 1.84. The molecular weight excluding hydrogens is 192 g/mol. The quantitative estimate of drug-likeness (QED) is 0.723. The van der Waals surface area contributed by atoms with Crippen molar-refractivity contribution in [2.24, 2.45) is 0 Å². The van der Waals surface area contributed by atoms with Gasteiger partial charge >= 0.3 is 0 Å². The fraction of sp³-hybridized carbons (Fsp3) is 0.909. The van der Waals surface area contributed by atoms with Gasteiger partial charge in [0.05, 0.1) is 17.7 Å². The van der Waals surface area contributed by atoms with Crippen molar-refractivity contribution in [1.29, 1.82) is 0 Å². The largest absolute Gasteiger partial charge is 0.379 e. The van der Waals surface area contributed by atoms with Gasteiger partial charge < -0.3 is 15.4 Å². The van der Waals surface area contributed by atoms with Crippen LogP contribution in [0.15, 0.2) is 0 Å². The third kappa shape index (κ3) is 2.92. The molecule has 0 spiro atoms.